The highest BCUT2D eigenvalue weighted by atomic mass is 31.2. The van der Waals surface area contributed by atoms with Gasteiger partial charge in [-0.1, -0.05) is 0 Å². The molecular weight excluding hydrogens is 441 g/mol. The number of phosphoric ester groups is 1. The summed E-state index contributed by atoms with van der Waals surface area (Å²) < 4.78 is 37.2. The number of ketones is 1. The van der Waals surface area contributed by atoms with Crippen molar-refractivity contribution in [2.24, 2.45) is 0 Å². The van der Waals surface area contributed by atoms with Gasteiger partial charge in [0, 0.05) is 28.9 Å². The lowest BCUT2D eigenvalue weighted by Crippen LogP contribution is -2.19. The van der Waals surface area contributed by atoms with Crippen LogP contribution in [0, 0.1) is 0 Å². The molecule has 0 spiro atoms. The molecule has 32 heavy (non-hydrogen) atoms. The number of hydrogen-bond acceptors (Lipinski definition) is 10. The van der Waals surface area contributed by atoms with Crippen LogP contribution >= 0.6 is 7.82 Å². The van der Waals surface area contributed by atoms with Crippen LogP contribution in [-0.2, 0) is 4.57 Å². The van der Waals surface area contributed by atoms with Crippen molar-refractivity contribution in [1.29, 1.82) is 0 Å². The SMILES string of the molecule is CCOc1ccc2c(C(=O)c3cc(OC)c(OC)c(OC)c3)cncc2c1OP(=O)([O-])[O-]. The fourth-order valence-electron chi connectivity index (χ4n) is 3.22. The number of benzene rings is 2. The van der Waals surface area contributed by atoms with E-state index in [9.17, 15) is 19.1 Å². The molecule has 3 rings (SSSR count). The summed E-state index contributed by atoms with van der Waals surface area (Å²) in [6.45, 7) is 1.88. The number of ether oxygens (including phenoxy) is 4. The topological polar surface area (TPSA) is 139 Å². The van der Waals surface area contributed by atoms with Gasteiger partial charge in [0.2, 0.25) is 5.75 Å². The molecule has 0 fully saturated rings. The molecule has 0 aliphatic rings. The molecule has 0 bridgehead atoms. The maximum absolute atomic E-state index is 13.4. The van der Waals surface area contributed by atoms with Gasteiger partial charge in [-0.2, -0.15) is 0 Å². The highest BCUT2D eigenvalue weighted by Crippen LogP contribution is 2.43. The minimum absolute atomic E-state index is 0.0334. The Balaban J connectivity index is 2.21. The fraction of sp³-hybridized carbons (Fsp3) is 0.238. The molecule has 3 aromatic rings. The smallest absolute Gasteiger partial charge is 0.203 e. The molecule has 1 heterocycles. The monoisotopic (exact) mass is 461 g/mol. The first-order valence-electron chi connectivity index (χ1n) is 9.33. The Bertz CT molecular complexity index is 1180. The predicted octanol–water partition coefficient (Wildman–Crippen LogP) is 2.10. The number of aromatic nitrogens is 1. The summed E-state index contributed by atoms with van der Waals surface area (Å²) in [5.41, 5.74) is 0.347. The lowest BCUT2D eigenvalue weighted by molar-refractivity contribution is -0.333. The Hall–Kier alpha value is -3.33. The Morgan fingerprint density at radius 1 is 0.938 bits per heavy atom. The summed E-state index contributed by atoms with van der Waals surface area (Å²) in [6, 6.07) is 5.94. The third-order valence-electron chi connectivity index (χ3n) is 4.53. The van der Waals surface area contributed by atoms with Crippen LogP contribution in [0.1, 0.15) is 22.8 Å². The van der Waals surface area contributed by atoms with Gasteiger partial charge in [-0.3, -0.25) is 9.78 Å². The Kier molecular flexibility index (Phi) is 6.88. The molecule has 0 amide bonds. The van der Waals surface area contributed by atoms with E-state index in [-0.39, 0.29) is 46.1 Å². The first-order chi connectivity index (χ1) is 15.2. The zero-order valence-electron chi connectivity index (χ0n) is 17.7. The Morgan fingerprint density at radius 2 is 1.59 bits per heavy atom. The molecule has 0 unspecified atom stereocenters. The highest BCUT2D eigenvalue weighted by molar-refractivity contribution is 7.43. The lowest BCUT2D eigenvalue weighted by atomic mass is 9.98. The minimum Gasteiger partial charge on any atom is -0.780 e. The van der Waals surface area contributed by atoms with Crippen LogP contribution in [-0.4, -0.2) is 38.7 Å². The molecule has 2 aromatic carbocycles. The number of carbonyl (C=O) groups is 1. The van der Waals surface area contributed by atoms with Gasteiger partial charge in [0.1, 0.15) is 7.82 Å². The second kappa shape index (κ2) is 9.44. The molecule has 0 aliphatic heterocycles. The van der Waals surface area contributed by atoms with Crippen molar-refractivity contribution >= 4 is 24.4 Å². The van der Waals surface area contributed by atoms with E-state index in [1.807, 2.05) is 0 Å². The van der Waals surface area contributed by atoms with Gasteiger partial charge in [-0.25, -0.2) is 0 Å². The van der Waals surface area contributed by atoms with Crippen LogP contribution in [0.4, 0.5) is 0 Å². The molecule has 10 nitrogen and oxygen atoms in total. The lowest BCUT2D eigenvalue weighted by Gasteiger charge is -2.30. The number of phosphoric acid groups is 1. The van der Waals surface area contributed by atoms with E-state index in [0.29, 0.717) is 11.1 Å². The van der Waals surface area contributed by atoms with E-state index in [0.717, 1.165) is 0 Å². The predicted molar refractivity (Wildman–Crippen MR) is 111 cm³/mol. The minimum atomic E-state index is -5.41. The standard InChI is InChI=1S/C21H22NO9P/c1-5-30-16-7-6-13-14(10-22-11-15(13)20(16)31-32(24,25)26)19(23)12-8-17(27-2)21(29-4)18(9-12)28-3/h6-11H,5H2,1-4H3,(H2,24,25,26)/p-2. The van der Waals surface area contributed by atoms with E-state index in [4.69, 9.17) is 18.9 Å². The first-order valence-corrected chi connectivity index (χ1v) is 10.8. The van der Waals surface area contributed by atoms with Gasteiger partial charge in [0.05, 0.1) is 27.9 Å². The molecule has 11 heteroatoms. The second-order valence-corrected chi connectivity index (χ2v) is 7.47. The van der Waals surface area contributed by atoms with Gasteiger partial charge in [-0.15, -0.1) is 0 Å². The largest absolute Gasteiger partial charge is 0.780 e. The first kappa shape index (κ1) is 23.3. The number of pyridine rings is 1. The van der Waals surface area contributed by atoms with Crippen molar-refractivity contribution in [3.8, 4) is 28.7 Å². The summed E-state index contributed by atoms with van der Waals surface area (Å²) in [4.78, 5) is 40.0. The molecule has 1 aromatic heterocycles. The quantitative estimate of drug-likeness (QED) is 0.344. The van der Waals surface area contributed by atoms with Crippen LogP contribution < -0.4 is 33.3 Å². The Morgan fingerprint density at radius 3 is 2.12 bits per heavy atom. The summed E-state index contributed by atoms with van der Waals surface area (Å²) in [6.07, 6.45) is 2.61. The molecule has 0 aliphatic carbocycles. The van der Waals surface area contributed by atoms with Gasteiger partial charge in [-0.05, 0) is 36.6 Å². The molecular formula is C21H20NO9P-2. The zero-order chi connectivity index (χ0) is 23.5. The van der Waals surface area contributed by atoms with Crippen LogP contribution in [0.15, 0.2) is 36.7 Å². The Labute approximate surface area is 183 Å². The van der Waals surface area contributed by atoms with E-state index < -0.39 is 13.6 Å². The van der Waals surface area contributed by atoms with Crippen LogP contribution in [0.5, 0.6) is 28.7 Å². The molecule has 0 saturated carbocycles. The van der Waals surface area contributed by atoms with Crippen molar-refractivity contribution in [3.05, 3.63) is 47.8 Å². The zero-order valence-corrected chi connectivity index (χ0v) is 18.6. The summed E-state index contributed by atoms with van der Waals surface area (Å²) in [5.74, 6) is 0.136. The molecule has 0 atom stereocenters. The highest BCUT2D eigenvalue weighted by Gasteiger charge is 2.22. The van der Waals surface area contributed by atoms with Gasteiger partial charge < -0.3 is 37.8 Å². The van der Waals surface area contributed by atoms with Crippen LogP contribution in [0.2, 0.25) is 0 Å². The van der Waals surface area contributed by atoms with Crippen molar-refractivity contribution < 1.29 is 42.6 Å². The number of carbonyl (C=O) groups excluding carboxylic acids is 1. The third-order valence-corrected chi connectivity index (χ3v) is 4.94. The maximum Gasteiger partial charge on any atom is 0.203 e. The molecule has 0 N–H and O–H groups in total. The van der Waals surface area contributed by atoms with Crippen LogP contribution in [0.25, 0.3) is 10.8 Å². The maximum atomic E-state index is 13.4. The van der Waals surface area contributed by atoms with Gasteiger partial charge >= 0.3 is 0 Å². The van der Waals surface area contributed by atoms with Crippen LogP contribution in [0.3, 0.4) is 0 Å². The van der Waals surface area contributed by atoms with E-state index >= 15 is 0 Å². The summed E-state index contributed by atoms with van der Waals surface area (Å²) in [7, 11) is -1.12. The van der Waals surface area contributed by atoms with Crippen molar-refractivity contribution in [1.82, 2.24) is 4.98 Å². The average Bonchev–Trinajstić information content (AvgIpc) is 2.77. The normalized spacial score (nSPS) is 11.2. The third kappa shape index (κ3) is 4.62. The van der Waals surface area contributed by atoms with Crippen molar-refractivity contribution in [3.63, 3.8) is 0 Å². The van der Waals surface area contributed by atoms with Crippen molar-refractivity contribution in [2.45, 2.75) is 6.92 Å². The van der Waals surface area contributed by atoms with E-state index in [2.05, 4.69) is 9.51 Å². The van der Waals surface area contributed by atoms with Gasteiger partial charge in [0.15, 0.2) is 28.8 Å². The fourth-order valence-corrected chi connectivity index (χ4v) is 3.63. The summed E-state index contributed by atoms with van der Waals surface area (Å²) in [5, 5.41) is 0.437. The summed E-state index contributed by atoms with van der Waals surface area (Å²) >= 11 is 0. The number of rotatable bonds is 9. The molecule has 0 saturated heterocycles. The second-order valence-electron chi connectivity index (χ2n) is 6.39. The number of fused-ring (bicyclic) bond motifs is 1. The van der Waals surface area contributed by atoms with E-state index in [1.54, 1.807) is 13.0 Å². The number of nitrogens with zero attached hydrogens (tertiary/aromatic N) is 1. The molecule has 0 radical (unpaired) electrons. The molecule has 170 valence electrons. The number of hydrogen-bond donors (Lipinski definition) is 0. The average molecular weight is 461 g/mol. The van der Waals surface area contributed by atoms with Crippen molar-refractivity contribution in [2.75, 3.05) is 27.9 Å². The van der Waals surface area contributed by atoms with E-state index in [1.165, 1.54) is 51.9 Å². The number of methoxy groups -OCH3 is 3. The van der Waals surface area contributed by atoms with Gasteiger partial charge in [0.25, 0.3) is 0 Å².